The van der Waals surface area contributed by atoms with Crippen LogP contribution in [0.4, 0.5) is 0 Å². The van der Waals surface area contributed by atoms with E-state index < -0.39 is 0 Å². The Kier molecular flexibility index (Phi) is 6.51. The minimum absolute atomic E-state index is 0.482. The molecule has 5 heteroatoms. The zero-order valence-corrected chi connectivity index (χ0v) is 14.0. The summed E-state index contributed by atoms with van der Waals surface area (Å²) in [6, 6.07) is 4.72. The van der Waals surface area contributed by atoms with Gasteiger partial charge in [-0.3, -0.25) is 9.89 Å². The number of hydrogen-bond donors (Lipinski definition) is 2. The molecule has 21 heavy (non-hydrogen) atoms. The molecule has 1 aromatic rings. The number of nitrogens with one attached hydrogen (secondary N) is 1. The molecule has 0 amide bonds. The van der Waals surface area contributed by atoms with Gasteiger partial charge < -0.3 is 11.1 Å². The van der Waals surface area contributed by atoms with Crippen molar-refractivity contribution < 1.29 is 0 Å². The molecule has 0 bridgehead atoms. The third-order valence-electron chi connectivity index (χ3n) is 4.23. The van der Waals surface area contributed by atoms with E-state index in [1.54, 1.807) is 11.3 Å². The first-order chi connectivity index (χ1) is 10.1. The molecule has 1 aliphatic rings. The maximum atomic E-state index is 5.94. The van der Waals surface area contributed by atoms with Crippen LogP contribution >= 0.6 is 11.3 Å². The van der Waals surface area contributed by atoms with Gasteiger partial charge in [-0.2, -0.15) is 0 Å². The zero-order valence-electron chi connectivity index (χ0n) is 13.2. The Balaban J connectivity index is 1.65. The molecule has 1 aromatic heterocycles. The van der Waals surface area contributed by atoms with Crippen molar-refractivity contribution in [2.45, 2.75) is 39.2 Å². The molecular formula is C16H28N4S. The SMILES string of the molecule is CC1CCN(C(C)CN=C(N)NCCc2cccs2)CC1. The Morgan fingerprint density at radius 3 is 2.95 bits per heavy atom. The molecule has 0 aromatic carbocycles. The maximum Gasteiger partial charge on any atom is 0.188 e. The van der Waals surface area contributed by atoms with Gasteiger partial charge in [0.1, 0.15) is 0 Å². The Labute approximate surface area is 132 Å². The fraction of sp³-hybridized carbons (Fsp3) is 0.688. The number of nitrogens with two attached hydrogens (primary N) is 1. The molecule has 1 unspecified atom stereocenters. The molecule has 0 radical (unpaired) electrons. The van der Waals surface area contributed by atoms with Gasteiger partial charge in [-0.25, -0.2) is 0 Å². The largest absolute Gasteiger partial charge is 0.370 e. The van der Waals surface area contributed by atoms with Crippen LogP contribution in [0.3, 0.4) is 0 Å². The third kappa shape index (κ3) is 5.67. The van der Waals surface area contributed by atoms with Crippen LogP contribution in [-0.4, -0.2) is 43.1 Å². The summed E-state index contributed by atoms with van der Waals surface area (Å²) in [6.07, 6.45) is 3.62. The molecule has 118 valence electrons. The molecule has 2 heterocycles. The van der Waals surface area contributed by atoms with Crippen LogP contribution in [-0.2, 0) is 6.42 Å². The van der Waals surface area contributed by atoms with Gasteiger partial charge in [0.2, 0.25) is 0 Å². The van der Waals surface area contributed by atoms with E-state index in [4.69, 9.17) is 5.73 Å². The second-order valence-corrected chi connectivity index (χ2v) is 7.08. The highest BCUT2D eigenvalue weighted by molar-refractivity contribution is 7.09. The molecule has 1 saturated heterocycles. The second-order valence-electron chi connectivity index (χ2n) is 6.05. The summed E-state index contributed by atoms with van der Waals surface area (Å²) in [7, 11) is 0. The normalized spacial score (nSPS) is 19.6. The van der Waals surface area contributed by atoms with Crippen LogP contribution in [0.5, 0.6) is 0 Å². The molecular weight excluding hydrogens is 280 g/mol. The number of guanidine groups is 1. The summed E-state index contributed by atoms with van der Waals surface area (Å²) in [5, 5.41) is 5.31. The smallest absolute Gasteiger partial charge is 0.188 e. The van der Waals surface area contributed by atoms with E-state index in [0.29, 0.717) is 12.0 Å². The Morgan fingerprint density at radius 2 is 2.29 bits per heavy atom. The Morgan fingerprint density at radius 1 is 1.52 bits per heavy atom. The predicted octanol–water partition coefficient (Wildman–Crippen LogP) is 2.32. The summed E-state index contributed by atoms with van der Waals surface area (Å²) in [6.45, 7) is 8.62. The van der Waals surface area contributed by atoms with Gasteiger partial charge in [-0.05, 0) is 56.6 Å². The summed E-state index contributed by atoms with van der Waals surface area (Å²) < 4.78 is 0. The monoisotopic (exact) mass is 308 g/mol. The average Bonchev–Trinajstić information content (AvgIpc) is 2.99. The summed E-state index contributed by atoms with van der Waals surface area (Å²) in [5.41, 5.74) is 5.94. The molecule has 0 saturated carbocycles. The highest BCUT2D eigenvalue weighted by atomic mass is 32.1. The Bertz CT molecular complexity index is 421. The average molecular weight is 308 g/mol. The van der Waals surface area contributed by atoms with Gasteiger partial charge in [0.15, 0.2) is 5.96 Å². The molecule has 4 nitrogen and oxygen atoms in total. The lowest BCUT2D eigenvalue weighted by Crippen LogP contribution is -2.42. The van der Waals surface area contributed by atoms with Crippen LogP contribution in [0.1, 0.15) is 31.6 Å². The minimum atomic E-state index is 0.482. The van der Waals surface area contributed by atoms with Crippen molar-refractivity contribution in [3.63, 3.8) is 0 Å². The first kappa shape index (κ1) is 16.3. The topological polar surface area (TPSA) is 53.6 Å². The first-order valence-corrected chi connectivity index (χ1v) is 8.83. The summed E-state index contributed by atoms with van der Waals surface area (Å²) in [4.78, 5) is 8.39. The fourth-order valence-corrected chi connectivity index (χ4v) is 3.35. The lowest BCUT2D eigenvalue weighted by Gasteiger charge is -2.34. The van der Waals surface area contributed by atoms with E-state index in [1.807, 2.05) is 0 Å². The number of thiophene rings is 1. The van der Waals surface area contributed by atoms with Gasteiger partial charge in [-0.1, -0.05) is 13.0 Å². The number of likely N-dealkylation sites (tertiary alicyclic amines) is 1. The van der Waals surface area contributed by atoms with E-state index in [2.05, 4.69) is 46.6 Å². The van der Waals surface area contributed by atoms with Crippen LogP contribution in [0.2, 0.25) is 0 Å². The summed E-state index contributed by atoms with van der Waals surface area (Å²) in [5.74, 6) is 1.45. The van der Waals surface area contributed by atoms with Crippen LogP contribution in [0, 0.1) is 5.92 Å². The van der Waals surface area contributed by atoms with E-state index in [0.717, 1.165) is 25.4 Å². The van der Waals surface area contributed by atoms with Gasteiger partial charge in [0, 0.05) is 17.5 Å². The fourth-order valence-electron chi connectivity index (χ4n) is 2.64. The van der Waals surface area contributed by atoms with E-state index >= 15 is 0 Å². The van der Waals surface area contributed by atoms with Gasteiger partial charge in [0.05, 0.1) is 6.54 Å². The third-order valence-corrected chi connectivity index (χ3v) is 5.16. The quantitative estimate of drug-likeness (QED) is 0.626. The number of piperidine rings is 1. The zero-order chi connectivity index (χ0) is 15.1. The van der Waals surface area contributed by atoms with Crippen molar-refractivity contribution in [3.05, 3.63) is 22.4 Å². The lowest BCUT2D eigenvalue weighted by molar-refractivity contribution is 0.150. The molecule has 1 fully saturated rings. The second kappa shape index (κ2) is 8.39. The van der Waals surface area contributed by atoms with Crippen molar-refractivity contribution in [3.8, 4) is 0 Å². The maximum absolute atomic E-state index is 5.94. The van der Waals surface area contributed by atoms with Crippen molar-refractivity contribution >= 4 is 17.3 Å². The lowest BCUT2D eigenvalue weighted by atomic mass is 9.98. The van der Waals surface area contributed by atoms with Gasteiger partial charge >= 0.3 is 0 Å². The standard InChI is InChI=1S/C16H28N4S/c1-13-6-9-20(10-7-13)14(2)12-19-16(17)18-8-5-15-4-3-11-21-15/h3-4,11,13-14H,5-10,12H2,1-2H3,(H3,17,18,19). The number of aliphatic imine (C=N–C) groups is 1. The molecule has 1 atom stereocenters. The van der Waals surface area contributed by atoms with Crippen molar-refractivity contribution in [2.24, 2.45) is 16.6 Å². The number of rotatable bonds is 6. The minimum Gasteiger partial charge on any atom is -0.370 e. The van der Waals surface area contributed by atoms with Gasteiger partial charge in [-0.15, -0.1) is 11.3 Å². The molecule has 3 N–H and O–H groups in total. The van der Waals surface area contributed by atoms with Crippen LogP contribution < -0.4 is 11.1 Å². The van der Waals surface area contributed by atoms with Crippen LogP contribution in [0.25, 0.3) is 0 Å². The number of nitrogens with zero attached hydrogens (tertiary/aromatic N) is 2. The van der Waals surface area contributed by atoms with Crippen molar-refractivity contribution in [1.82, 2.24) is 10.2 Å². The van der Waals surface area contributed by atoms with Crippen molar-refractivity contribution in [2.75, 3.05) is 26.2 Å². The van der Waals surface area contributed by atoms with E-state index in [-0.39, 0.29) is 0 Å². The highest BCUT2D eigenvalue weighted by Crippen LogP contribution is 2.17. The predicted molar refractivity (Wildman–Crippen MR) is 91.9 cm³/mol. The molecule has 2 rings (SSSR count). The number of hydrogen-bond acceptors (Lipinski definition) is 3. The molecule has 1 aliphatic heterocycles. The first-order valence-electron chi connectivity index (χ1n) is 7.95. The van der Waals surface area contributed by atoms with Gasteiger partial charge in [0.25, 0.3) is 0 Å². The highest BCUT2D eigenvalue weighted by Gasteiger charge is 2.19. The summed E-state index contributed by atoms with van der Waals surface area (Å²) >= 11 is 1.78. The van der Waals surface area contributed by atoms with E-state index in [1.165, 1.54) is 30.8 Å². The van der Waals surface area contributed by atoms with E-state index in [9.17, 15) is 0 Å². The van der Waals surface area contributed by atoms with Crippen LogP contribution in [0.15, 0.2) is 22.5 Å². The molecule has 0 spiro atoms. The van der Waals surface area contributed by atoms with Crippen molar-refractivity contribution in [1.29, 1.82) is 0 Å². The molecule has 0 aliphatic carbocycles. The Hall–Kier alpha value is -1.07.